The second-order valence-electron chi connectivity index (χ2n) is 13.7. The van der Waals surface area contributed by atoms with Crippen molar-refractivity contribution < 1.29 is 19.0 Å². The first-order chi connectivity index (χ1) is 23.6. The molecule has 7 heteroatoms. The highest BCUT2D eigenvalue weighted by Gasteiger charge is 2.25. The van der Waals surface area contributed by atoms with Gasteiger partial charge in [-0.15, -0.1) is 0 Å². The van der Waals surface area contributed by atoms with Crippen molar-refractivity contribution in [2.75, 3.05) is 63.4 Å². The van der Waals surface area contributed by atoms with Crippen LogP contribution in [-0.4, -0.2) is 70.0 Å². The SMILES string of the molecule is CCCCOCCOc1ccc(-c2ccc3c(c2)C=C(C(=O)Nc2ccc(CN(C)C4CCOCC4)cc2)CCN3CC2CCC2)cc1. The second kappa shape index (κ2) is 17.1. The minimum atomic E-state index is -0.0240. The zero-order chi connectivity index (χ0) is 33.1. The molecule has 3 aromatic rings. The molecule has 3 aromatic carbocycles. The Morgan fingerprint density at radius 1 is 0.938 bits per heavy atom. The molecule has 3 aliphatic rings. The number of ether oxygens (including phenoxy) is 3. The van der Waals surface area contributed by atoms with Crippen LogP contribution in [0.15, 0.2) is 72.3 Å². The number of fused-ring (bicyclic) bond motifs is 1. The van der Waals surface area contributed by atoms with Gasteiger partial charge in [-0.2, -0.15) is 0 Å². The van der Waals surface area contributed by atoms with Gasteiger partial charge in [-0.3, -0.25) is 9.69 Å². The summed E-state index contributed by atoms with van der Waals surface area (Å²) in [6, 6.07) is 23.9. The number of hydrogen-bond acceptors (Lipinski definition) is 6. The highest BCUT2D eigenvalue weighted by atomic mass is 16.5. The van der Waals surface area contributed by atoms with E-state index in [4.69, 9.17) is 14.2 Å². The van der Waals surface area contributed by atoms with Gasteiger partial charge < -0.3 is 24.4 Å². The van der Waals surface area contributed by atoms with Crippen molar-refractivity contribution in [2.24, 2.45) is 5.92 Å². The number of carbonyl (C=O) groups is 1. The van der Waals surface area contributed by atoms with E-state index in [1.54, 1.807) is 0 Å². The lowest BCUT2D eigenvalue weighted by Crippen LogP contribution is -2.36. The molecule has 0 unspecified atom stereocenters. The number of rotatable bonds is 15. The molecule has 0 bridgehead atoms. The van der Waals surface area contributed by atoms with Crippen molar-refractivity contribution in [3.8, 4) is 16.9 Å². The predicted molar refractivity (Wildman–Crippen MR) is 196 cm³/mol. The molecule has 0 aromatic heterocycles. The van der Waals surface area contributed by atoms with Crippen molar-refractivity contribution in [3.63, 3.8) is 0 Å². The smallest absolute Gasteiger partial charge is 0.251 e. The van der Waals surface area contributed by atoms with E-state index in [2.05, 4.69) is 77.6 Å². The van der Waals surface area contributed by atoms with Crippen molar-refractivity contribution in [1.29, 1.82) is 0 Å². The Morgan fingerprint density at radius 3 is 2.44 bits per heavy atom. The molecule has 1 N–H and O–H groups in total. The van der Waals surface area contributed by atoms with E-state index in [1.165, 1.54) is 30.5 Å². The fraction of sp³-hybridized carbons (Fsp3) is 0.488. The molecule has 1 amide bonds. The van der Waals surface area contributed by atoms with Crippen molar-refractivity contribution >= 4 is 23.4 Å². The van der Waals surface area contributed by atoms with Gasteiger partial charge in [0.2, 0.25) is 0 Å². The lowest BCUT2D eigenvalue weighted by atomic mass is 9.85. The second-order valence-corrected chi connectivity index (χ2v) is 13.7. The van der Waals surface area contributed by atoms with Crippen molar-refractivity contribution in [1.82, 2.24) is 4.90 Å². The molecule has 0 atom stereocenters. The molecule has 48 heavy (non-hydrogen) atoms. The summed E-state index contributed by atoms with van der Waals surface area (Å²) in [4.78, 5) is 18.6. The first-order valence-corrected chi connectivity index (χ1v) is 18.1. The topological polar surface area (TPSA) is 63.3 Å². The third-order valence-corrected chi connectivity index (χ3v) is 10.1. The zero-order valence-electron chi connectivity index (χ0n) is 28.9. The van der Waals surface area contributed by atoms with Crippen LogP contribution in [0.5, 0.6) is 5.75 Å². The maximum atomic E-state index is 13.7. The first kappa shape index (κ1) is 34.2. The molecular formula is C41H53N3O4. The van der Waals surface area contributed by atoms with Crippen molar-refractivity contribution in [3.05, 3.63) is 83.4 Å². The molecule has 2 aliphatic heterocycles. The van der Waals surface area contributed by atoms with Crippen LogP contribution >= 0.6 is 0 Å². The van der Waals surface area contributed by atoms with Gasteiger partial charge in [0.15, 0.2) is 0 Å². The third-order valence-electron chi connectivity index (χ3n) is 10.1. The largest absolute Gasteiger partial charge is 0.491 e. The molecule has 1 saturated heterocycles. The van der Waals surface area contributed by atoms with E-state index in [1.807, 2.05) is 24.3 Å². The summed E-state index contributed by atoms with van der Waals surface area (Å²) < 4.78 is 17.0. The van der Waals surface area contributed by atoms with E-state index in [0.29, 0.717) is 25.7 Å². The molecular weight excluding hydrogens is 598 g/mol. The Morgan fingerprint density at radius 2 is 1.71 bits per heavy atom. The van der Waals surface area contributed by atoms with E-state index in [-0.39, 0.29) is 5.91 Å². The predicted octanol–water partition coefficient (Wildman–Crippen LogP) is 8.19. The number of unbranched alkanes of at least 4 members (excludes halogenated alkanes) is 1. The van der Waals surface area contributed by atoms with Crippen LogP contribution in [-0.2, 0) is 20.8 Å². The lowest BCUT2D eigenvalue weighted by Gasteiger charge is -2.34. The van der Waals surface area contributed by atoms with Gasteiger partial charge in [-0.25, -0.2) is 0 Å². The Kier molecular flexibility index (Phi) is 12.2. The maximum absolute atomic E-state index is 13.7. The minimum Gasteiger partial charge on any atom is -0.491 e. The number of nitrogens with zero attached hydrogens (tertiary/aromatic N) is 2. The highest BCUT2D eigenvalue weighted by Crippen LogP contribution is 2.36. The number of amides is 1. The van der Waals surface area contributed by atoms with Crippen LogP contribution in [0.1, 0.15) is 69.4 Å². The quantitative estimate of drug-likeness (QED) is 0.167. The van der Waals surface area contributed by atoms with Gasteiger partial charge in [0.25, 0.3) is 5.91 Å². The number of anilines is 2. The van der Waals surface area contributed by atoms with Gasteiger partial charge in [0.1, 0.15) is 12.4 Å². The monoisotopic (exact) mass is 651 g/mol. The molecule has 256 valence electrons. The van der Waals surface area contributed by atoms with Crippen LogP contribution in [0.2, 0.25) is 0 Å². The summed E-state index contributed by atoms with van der Waals surface area (Å²) >= 11 is 0. The van der Waals surface area contributed by atoms with Gasteiger partial charge in [-0.05, 0) is 116 Å². The van der Waals surface area contributed by atoms with Crippen LogP contribution in [0.4, 0.5) is 11.4 Å². The molecule has 1 aliphatic carbocycles. The van der Waals surface area contributed by atoms with Gasteiger partial charge >= 0.3 is 0 Å². The van der Waals surface area contributed by atoms with E-state index < -0.39 is 0 Å². The van der Waals surface area contributed by atoms with Crippen LogP contribution in [0, 0.1) is 5.92 Å². The van der Waals surface area contributed by atoms with E-state index in [0.717, 1.165) is 105 Å². The number of carbonyl (C=O) groups excluding carboxylic acids is 1. The van der Waals surface area contributed by atoms with Gasteiger partial charge in [-0.1, -0.05) is 50.1 Å². The molecule has 7 nitrogen and oxygen atoms in total. The zero-order valence-corrected chi connectivity index (χ0v) is 28.9. The fourth-order valence-electron chi connectivity index (χ4n) is 6.89. The molecule has 1 saturated carbocycles. The fourth-order valence-corrected chi connectivity index (χ4v) is 6.89. The summed E-state index contributed by atoms with van der Waals surface area (Å²) in [6.45, 7) is 8.58. The third kappa shape index (κ3) is 9.28. The summed E-state index contributed by atoms with van der Waals surface area (Å²) in [5, 5.41) is 3.20. The average Bonchev–Trinajstić information content (AvgIpc) is 3.28. The van der Waals surface area contributed by atoms with Crippen LogP contribution < -0.4 is 15.0 Å². The van der Waals surface area contributed by atoms with Gasteiger partial charge in [0, 0.05) is 62.4 Å². The van der Waals surface area contributed by atoms with Crippen LogP contribution in [0.3, 0.4) is 0 Å². The van der Waals surface area contributed by atoms with Crippen LogP contribution in [0.25, 0.3) is 17.2 Å². The van der Waals surface area contributed by atoms with E-state index >= 15 is 0 Å². The Labute approximate surface area is 287 Å². The summed E-state index contributed by atoms with van der Waals surface area (Å²) in [7, 11) is 2.19. The molecule has 6 rings (SSSR count). The first-order valence-electron chi connectivity index (χ1n) is 18.1. The highest BCUT2D eigenvalue weighted by molar-refractivity contribution is 6.07. The van der Waals surface area contributed by atoms with Gasteiger partial charge in [0.05, 0.1) is 6.61 Å². The Balaban J connectivity index is 1.13. The number of nitrogens with one attached hydrogen (secondary N) is 1. The average molecular weight is 652 g/mol. The normalized spacial score (nSPS) is 17.0. The summed E-state index contributed by atoms with van der Waals surface area (Å²) in [6.07, 6.45) is 11.1. The number of hydrogen-bond donors (Lipinski definition) is 1. The Hall–Kier alpha value is -3.65. The molecule has 2 fully saturated rings. The van der Waals surface area contributed by atoms with E-state index in [9.17, 15) is 4.79 Å². The molecule has 2 heterocycles. The standard InChI is InChI=1S/C41H53N3O4/c1-3-4-22-46-25-26-48-39-15-10-33(11-16-39)34-12-17-40-36(27-34)28-35(18-21-44(40)30-31-6-5-7-31)41(45)42-37-13-8-32(9-14-37)29-43(2)38-19-23-47-24-20-38/h8-17,27-28,31,38H,3-7,18-26,29-30H2,1-2H3,(H,42,45). The minimum absolute atomic E-state index is 0.0240. The lowest BCUT2D eigenvalue weighted by molar-refractivity contribution is -0.112. The summed E-state index contributed by atoms with van der Waals surface area (Å²) in [5.74, 6) is 1.56. The maximum Gasteiger partial charge on any atom is 0.251 e. The number of benzene rings is 3. The molecule has 0 spiro atoms. The summed E-state index contributed by atoms with van der Waals surface area (Å²) in [5.41, 5.74) is 7.47. The Bertz CT molecular complexity index is 1490. The van der Waals surface area contributed by atoms with Crippen molar-refractivity contribution in [2.45, 2.75) is 70.9 Å². The molecule has 0 radical (unpaired) electrons.